The molecule has 32 heavy (non-hydrogen) atoms. The topological polar surface area (TPSA) is 105 Å². The minimum atomic E-state index is -3.49. The highest BCUT2D eigenvalue weighted by Crippen LogP contribution is 2.33. The lowest BCUT2D eigenvalue weighted by Gasteiger charge is -2.36. The van der Waals surface area contributed by atoms with Gasteiger partial charge in [-0.1, -0.05) is 6.92 Å². The van der Waals surface area contributed by atoms with E-state index < -0.39 is 10.0 Å². The SMILES string of the molecule is CO[C@H]1CN(C)C(=O)c2ccc(NS(C)(=O)=O)cc2OC[C@H](C)N(C(=O)C2CC2)C[C@@H]1C. The number of anilines is 1. The van der Waals surface area contributed by atoms with E-state index in [9.17, 15) is 18.0 Å². The van der Waals surface area contributed by atoms with Crippen LogP contribution in [-0.2, 0) is 19.6 Å². The molecule has 2 amide bonds. The minimum absolute atomic E-state index is 0.0145. The molecule has 1 aromatic carbocycles. The Bertz CT molecular complexity index is 962. The maximum atomic E-state index is 13.2. The quantitative estimate of drug-likeness (QED) is 0.724. The second-order valence-electron chi connectivity index (χ2n) is 8.95. The third-order valence-electron chi connectivity index (χ3n) is 5.96. The van der Waals surface area contributed by atoms with Crippen LogP contribution in [0.2, 0.25) is 0 Å². The van der Waals surface area contributed by atoms with E-state index in [-0.39, 0.29) is 48.2 Å². The summed E-state index contributed by atoms with van der Waals surface area (Å²) < 4.78 is 37.4. The number of nitrogens with zero attached hydrogens (tertiary/aromatic N) is 2. The molecule has 3 rings (SSSR count). The molecule has 3 atom stereocenters. The zero-order valence-corrected chi connectivity index (χ0v) is 20.1. The predicted molar refractivity (Wildman–Crippen MR) is 121 cm³/mol. The van der Waals surface area contributed by atoms with Crippen LogP contribution in [0.3, 0.4) is 0 Å². The monoisotopic (exact) mass is 467 g/mol. The molecule has 0 aromatic heterocycles. The number of fused-ring (bicyclic) bond motifs is 1. The lowest BCUT2D eigenvalue weighted by molar-refractivity contribution is -0.136. The molecule has 0 unspecified atom stereocenters. The summed E-state index contributed by atoms with van der Waals surface area (Å²) in [6.07, 6.45) is 2.62. The van der Waals surface area contributed by atoms with Gasteiger partial charge in [-0.15, -0.1) is 0 Å². The van der Waals surface area contributed by atoms with Crippen molar-refractivity contribution in [2.45, 2.75) is 38.8 Å². The summed E-state index contributed by atoms with van der Waals surface area (Å²) in [4.78, 5) is 29.6. The number of hydrogen-bond acceptors (Lipinski definition) is 6. The standard InChI is InChI=1S/C22H33N3O6S/c1-14-11-25(21(26)16-6-7-16)15(2)13-31-19-10-17(23-32(5,28)29)8-9-18(19)22(27)24(3)12-20(14)30-4/h8-10,14-16,20,23H,6-7,11-13H2,1-5H3/t14-,15-,20-/m0/s1. The van der Waals surface area contributed by atoms with Crippen molar-refractivity contribution >= 4 is 27.5 Å². The molecule has 0 saturated heterocycles. The number of carbonyl (C=O) groups is 2. The molecule has 2 aliphatic rings. The number of hydrogen-bond donors (Lipinski definition) is 1. The zero-order chi connectivity index (χ0) is 23.6. The van der Waals surface area contributed by atoms with E-state index in [1.54, 1.807) is 25.1 Å². The van der Waals surface area contributed by atoms with E-state index in [4.69, 9.17) is 9.47 Å². The molecule has 1 heterocycles. The van der Waals surface area contributed by atoms with Crippen molar-refractivity contribution in [2.75, 3.05) is 44.8 Å². The van der Waals surface area contributed by atoms with Crippen molar-refractivity contribution in [1.82, 2.24) is 9.80 Å². The number of carbonyl (C=O) groups excluding carboxylic acids is 2. The van der Waals surface area contributed by atoms with Crippen molar-refractivity contribution < 1.29 is 27.5 Å². The van der Waals surface area contributed by atoms with Crippen LogP contribution in [0.15, 0.2) is 18.2 Å². The van der Waals surface area contributed by atoms with Crippen LogP contribution in [0.1, 0.15) is 37.0 Å². The van der Waals surface area contributed by atoms with Gasteiger partial charge in [0.2, 0.25) is 15.9 Å². The van der Waals surface area contributed by atoms with Crippen LogP contribution < -0.4 is 9.46 Å². The minimum Gasteiger partial charge on any atom is -0.491 e. The first-order chi connectivity index (χ1) is 15.0. The van der Waals surface area contributed by atoms with E-state index in [0.29, 0.717) is 24.3 Å². The maximum Gasteiger partial charge on any atom is 0.257 e. The van der Waals surface area contributed by atoms with Crippen LogP contribution in [-0.4, -0.2) is 82.3 Å². The maximum absolute atomic E-state index is 13.2. The molecule has 1 aliphatic heterocycles. The molecule has 0 radical (unpaired) electrons. The molecule has 1 aromatic rings. The smallest absolute Gasteiger partial charge is 0.257 e. The second kappa shape index (κ2) is 9.66. The molecule has 9 nitrogen and oxygen atoms in total. The lowest BCUT2D eigenvalue weighted by atomic mass is 10.0. The molecule has 0 spiro atoms. The van der Waals surface area contributed by atoms with E-state index >= 15 is 0 Å². The highest BCUT2D eigenvalue weighted by atomic mass is 32.2. The summed E-state index contributed by atoms with van der Waals surface area (Å²) in [5.41, 5.74) is 0.623. The van der Waals surface area contributed by atoms with Gasteiger partial charge in [0.15, 0.2) is 0 Å². The van der Waals surface area contributed by atoms with Gasteiger partial charge in [0.05, 0.1) is 29.7 Å². The predicted octanol–water partition coefficient (Wildman–Crippen LogP) is 1.80. The molecule has 178 valence electrons. The first kappa shape index (κ1) is 24.3. The summed E-state index contributed by atoms with van der Waals surface area (Å²) in [5.74, 6) is 0.223. The number of methoxy groups -OCH3 is 1. The van der Waals surface area contributed by atoms with Crippen LogP contribution in [0.4, 0.5) is 5.69 Å². The van der Waals surface area contributed by atoms with Crippen LogP contribution in [0.5, 0.6) is 5.75 Å². The summed E-state index contributed by atoms with van der Waals surface area (Å²) in [6.45, 7) is 4.97. The number of amides is 2. The third-order valence-corrected chi connectivity index (χ3v) is 6.57. The fourth-order valence-corrected chi connectivity index (χ4v) is 4.48. The summed E-state index contributed by atoms with van der Waals surface area (Å²) >= 11 is 0. The van der Waals surface area contributed by atoms with Gasteiger partial charge in [0.1, 0.15) is 12.4 Å². The van der Waals surface area contributed by atoms with Gasteiger partial charge in [-0.2, -0.15) is 0 Å². The first-order valence-corrected chi connectivity index (χ1v) is 12.7. The lowest BCUT2D eigenvalue weighted by Crippen LogP contribution is -2.49. The molecule has 1 fully saturated rings. The third kappa shape index (κ3) is 5.92. The van der Waals surface area contributed by atoms with Crippen molar-refractivity contribution in [2.24, 2.45) is 11.8 Å². The Balaban J connectivity index is 1.97. The Morgan fingerprint density at radius 2 is 1.91 bits per heavy atom. The fourth-order valence-electron chi connectivity index (χ4n) is 3.92. The van der Waals surface area contributed by atoms with Crippen molar-refractivity contribution in [3.05, 3.63) is 23.8 Å². The number of benzene rings is 1. The summed E-state index contributed by atoms with van der Waals surface area (Å²) in [7, 11) is -0.186. The Morgan fingerprint density at radius 1 is 1.22 bits per heavy atom. The Kier molecular flexibility index (Phi) is 7.34. The molecule has 1 N–H and O–H groups in total. The average Bonchev–Trinajstić information content (AvgIpc) is 3.56. The van der Waals surface area contributed by atoms with E-state index in [2.05, 4.69) is 4.72 Å². The summed E-state index contributed by atoms with van der Waals surface area (Å²) in [5, 5.41) is 0. The average molecular weight is 468 g/mol. The van der Waals surface area contributed by atoms with E-state index in [0.717, 1.165) is 19.1 Å². The van der Waals surface area contributed by atoms with Gasteiger partial charge < -0.3 is 19.3 Å². The number of rotatable bonds is 4. The molecular weight excluding hydrogens is 434 g/mol. The molecule has 1 saturated carbocycles. The highest BCUT2D eigenvalue weighted by molar-refractivity contribution is 7.92. The van der Waals surface area contributed by atoms with Gasteiger partial charge >= 0.3 is 0 Å². The number of nitrogens with one attached hydrogen (secondary N) is 1. The van der Waals surface area contributed by atoms with Crippen LogP contribution in [0, 0.1) is 11.8 Å². The highest BCUT2D eigenvalue weighted by Gasteiger charge is 2.37. The van der Waals surface area contributed by atoms with E-state index in [1.165, 1.54) is 12.1 Å². The van der Waals surface area contributed by atoms with Gasteiger partial charge in [-0.05, 0) is 31.9 Å². The van der Waals surface area contributed by atoms with E-state index in [1.807, 2.05) is 18.7 Å². The van der Waals surface area contributed by atoms with Gasteiger partial charge in [0.25, 0.3) is 5.91 Å². The van der Waals surface area contributed by atoms with Crippen molar-refractivity contribution in [3.8, 4) is 5.75 Å². The largest absolute Gasteiger partial charge is 0.491 e. The molecular formula is C22H33N3O6S. The van der Waals surface area contributed by atoms with Gasteiger partial charge in [0, 0.05) is 45.1 Å². The molecule has 10 heteroatoms. The summed E-state index contributed by atoms with van der Waals surface area (Å²) in [6, 6.07) is 4.36. The zero-order valence-electron chi connectivity index (χ0n) is 19.3. The Morgan fingerprint density at radius 3 is 2.50 bits per heavy atom. The normalized spacial score (nSPS) is 25.3. The second-order valence-corrected chi connectivity index (χ2v) is 10.7. The van der Waals surface area contributed by atoms with Gasteiger partial charge in [-0.25, -0.2) is 8.42 Å². The Labute approximate surface area is 190 Å². The first-order valence-electron chi connectivity index (χ1n) is 10.8. The molecule has 0 bridgehead atoms. The fraction of sp³-hybridized carbons (Fsp3) is 0.636. The van der Waals surface area contributed by atoms with Crippen LogP contribution >= 0.6 is 0 Å². The van der Waals surface area contributed by atoms with Crippen LogP contribution in [0.25, 0.3) is 0 Å². The number of ether oxygens (including phenoxy) is 2. The van der Waals surface area contributed by atoms with Crippen molar-refractivity contribution in [3.63, 3.8) is 0 Å². The number of sulfonamides is 1. The van der Waals surface area contributed by atoms with Crippen molar-refractivity contribution in [1.29, 1.82) is 0 Å². The molecule has 1 aliphatic carbocycles. The Hall–Kier alpha value is -2.33. The van der Waals surface area contributed by atoms with Gasteiger partial charge in [-0.3, -0.25) is 14.3 Å². The number of likely N-dealkylation sites (N-methyl/N-ethyl adjacent to an activating group) is 1.